The van der Waals surface area contributed by atoms with Crippen molar-refractivity contribution < 1.29 is 33.3 Å². The van der Waals surface area contributed by atoms with Crippen molar-refractivity contribution in [1.29, 1.82) is 0 Å². The van der Waals surface area contributed by atoms with Gasteiger partial charge >= 0.3 is 5.97 Å². The van der Waals surface area contributed by atoms with E-state index in [1.165, 1.54) is 12.1 Å². The van der Waals surface area contributed by atoms with Gasteiger partial charge in [0.25, 0.3) is 5.91 Å². The van der Waals surface area contributed by atoms with Gasteiger partial charge in [-0.2, -0.15) is 0 Å². The van der Waals surface area contributed by atoms with Crippen molar-refractivity contribution in [2.24, 2.45) is 0 Å². The lowest BCUT2D eigenvalue weighted by Gasteiger charge is -2.18. The van der Waals surface area contributed by atoms with E-state index in [2.05, 4.69) is 12.2 Å². The van der Waals surface area contributed by atoms with E-state index in [0.29, 0.717) is 41.7 Å². The second-order valence-electron chi connectivity index (χ2n) is 7.25. The molecule has 8 heteroatoms. The highest BCUT2D eigenvalue weighted by Crippen LogP contribution is 2.30. The summed E-state index contributed by atoms with van der Waals surface area (Å²) in [7, 11) is 0. The molecule has 3 rings (SSSR count). The molecule has 0 saturated carbocycles. The van der Waals surface area contributed by atoms with Crippen LogP contribution in [0, 0.1) is 0 Å². The van der Waals surface area contributed by atoms with Crippen molar-refractivity contribution in [2.45, 2.75) is 26.7 Å². The molecule has 0 bridgehead atoms. The van der Waals surface area contributed by atoms with Crippen molar-refractivity contribution in [3.05, 3.63) is 53.6 Å². The van der Waals surface area contributed by atoms with Gasteiger partial charge < -0.3 is 24.3 Å². The summed E-state index contributed by atoms with van der Waals surface area (Å²) in [5, 5.41) is 2.64. The number of fused-ring (bicyclic) bond motifs is 1. The Morgan fingerprint density at radius 1 is 1.09 bits per heavy atom. The zero-order valence-corrected chi connectivity index (χ0v) is 18.7. The number of anilines is 1. The summed E-state index contributed by atoms with van der Waals surface area (Å²) in [5.41, 5.74) is 1.45. The van der Waals surface area contributed by atoms with E-state index < -0.39 is 18.4 Å². The second-order valence-corrected chi connectivity index (χ2v) is 7.25. The van der Waals surface area contributed by atoms with Gasteiger partial charge in [-0.1, -0.05) is 19.4 Å². The highest BCUT2D eigenvalue weighted by molar-refractivity contribution is 6.02. The van der Waals surface area contributed by atoms with E-state index >= 15 is 0 Å². The summed E-state index contributed by atoms with van der Waals surface area (Å²) in [6.07, 6.45) is 4.81. The Morgan fingerprint density at radius 2 is 1.94 bits per heavy atom. The largest absolute Gasteiger partial charge is 0.490 e. The predicted molar refractivity (Wildman–Crippen MR) is 123 cm³/mol. The lowest BCUT2D eigenvalue weighted by Crippen LogP contribution is -2.25. The minimum absolute atomic E-state index is 0.0646. The first kappa shape index (κ1) is 23.8. The molecule has 0 atom stereocenters. The number of carbonyl (C=O) groups excluding carboxylic acids is 3. The Bertz CT molecular complexity index is 1050. The molecule has 2 aromatic rings. The van der Waals surface area contributed by atoms with Crippen LogP contribution in [0.2, 0.25) is 0 Å². The summed E-state index contributed by atoms with van der Waals surface area (Å²) in [5.74, 6) is 0.395. The molecule has 0 aromatic heterocycles. The standard InChI is InChI=1S/C25H27NO7/c1-3-5-12-31-22-9-6-17(13-23(22)30-4-2)7-11-25(29)33-15-20(27)18-8-10-21-19(14-18)26-24(28)16-32-21/h6-11,13-14H,3-5,12,15-16H2,1-2H3,(H,26,28)/b11-7+. The molecule has 174 valence electrons. The third-order valence-corrected chi connectivity index (χ3v) is 4.71. The number of esters is 1. The van der Waals surface area contributed by atoms with E-state index in [0.717, 1.165) is 18.4 Å². The van der Waals surface area contributed by atoms with Gasteiger partial charge in [0.05, 0.1) is 18.9 Å². The van der Waals surface area contributed by atoms with E-state index in [-0.39, 0.29) is 12.5 Å². The molecule has 8 nitrogen and oxygen atoms in total. The molecule has 1 aliphatic rings. The normalized spacial score (nSPS) is 12.5. The average Bonchev–Trinajstić information content (AvgIpc) is 2.82. The van der Waals surface area contributed by atoms with Gasteiger partial charge in [-0.25, -0.2) is 4.79 Å². The van der Waals surface area contributed by atoms with Crippen LogP contribution in [0.15, 0.2) is 42.5 Å². The Kier molecular flexibility index (Phi) is 8.46. The fourth-order valence-corrected chi connectivity index (χ4v) is 3.03. The number of amides is 1. The summed E-state index contributed by atoms with van der Waals surface area (Å²) < 4.78 is 21.7. The SMILES string of the molecule is CCCCOc1ccc(/C=C/C(=O)OCC(=O)c2ccc3c(c2)NC(=O)CO3)cc1OCC. The molecule has 1 heterocycles. The van der Waals surface area contributed by atoms with Crippen LogP contribution in [0.4, 0.5) is 5.69 Å². The van der Waals surface area contributed by atoms with Crippen LogP contribution in [-0.2, 0) is 14.3 Å². The number of hydrogen-bond acceptors (Lipinski definition) is 7. The molecule has 2 aromatic carbocycles. The molecule has 33 heavy (non-hydrogen) atoms. The van der Waals surface area contributed by atoms with E-state index in [9.17, 15) is 14.4 Å². The maximum atomic E-state index is 12.4. The van der Waals surface area contributed by atoms with E-state index in [1.807, 2.05) is 13.0 Å². The van der Waals surface area contributed by atoms with Crippen molar-refractivity contribution in [3.8, 4) is 17.2 Å². The van der Waals surface area contributed by atoms with Crippen LogP contribution < -0.4 is 19.5 Å². The highest BCUT2D eigenvalue weighted by Gasteiger charge is 2.18. The van der Waals surface area contributed by atoms with Crippen LogP contribution >= 0.6 is 0 Å². The van der Waals surface area contributed by atoms with Crippen molar-refractivity contribution in [1.82, 2.24) is 0 Å². The number of nitrogens with one attached hydrogen (secondary N) is 1. The van der Waals surface area contributed by atoms with Crippen LogP contribution in [0.5, 0.6) is 17.2 Å². The minimum Gasteiger partial charge on any atom is -0.490 e. The summed E-state index contributed by atoms with van der Waals surface area (Å²) in [6, 6.07) is 10.0. The number of benzene rings is 2. The Balaban J connectivity index is 1.56. The quantitative estimate of drug-likeness (QED) is 0.237. The highest BCUT2D eigenvalue weighted by atomic mass is 16.5. The number of hydrogen-bond donors (Lipinski definition) is 1. The molecule has 0 aliphatic carbocycles. The average molecular weight is 453 g/mol. The zero-order valence-electron chi connectivity index (χ0n) is 18.7. The van der Waals surface area contributed by atoms with Gasteiger partial charge in [-0.3, -0.25) is 9.59 Å². The predicted octanol–water partition coefficient (Wildman–Crippen LogP) is 4.03. The maximum absolute atomic E-state index is 12.4. The van der Waals surface area contributed by atoms with Crippen molar-refractivity contribution in [2.75, 3.05) is 31.7 Å². The number of unbranched alkanes of at least 4 members (excludes halogenated alkanes) is 1. The molecular weight excluding hydrogens is 426 g/mol. The number of carbonyl (C=O) groups is 3. The van der Waals surface area contributed by atoms with Crippen molar-refractivity contribution >= 4 is 29.4 Å². The van der Waals surface area contributed by atoms with Gasteiger partial charge in [0, 0.05) is 11.6 Å². The van der Waals surface area contributed by atoms with Crippen LogP contribution in [0.3, 0.4) is 0 Å². The monoisotopic (exact) mass is 453 g/mol. The van der Waals surface area contributed by atoms with Gasteiger partial charge in [0.2, 0.25) is 0 Å². The Morgan fingerprint density at radius 3 is 2.73 bits per heavy atom. The lowest BCUT2D eigenvalue weighted by molar-refractivity contribution is -0.136. The molecule has 1 aliphatic heterocycles. The van der Waals surface area contributed by atoms with Gasteiger partial charge in [0.1, 0.15) is 5.75 Å². The minimum atomic E-state index is -0.654. The first-order valence-corrected chi connectivity index (χ1v) is 10.8. The first-order chi connectivity index (χ1) is 16.0. The summed E-state index contributed by atoms with van der Waals surface area (Å²) in [4.78, 5) is 35.9. The van der Waals surface area contributed by atoms with Crippen LogP contribution in [-0.4, -0.2) is 44.1 Å². The molecule has 0 fully saturated rings. The van der Waals surface area contributed by atoms with Crippen molar-refractivity contribution in [3.63, 3.8) is 0 Å². The van der Waals surface area contributed by atoms with Gasteiger partial charge in [0.15, 0.2) is 30.5 Å². The topological polar surface area (TPSA) is 100 Å². The van der Waals surface area contributed by atoms with Crippen LogP contribution in [0.1, 0.15) is 42.6 Å². The van der Waals surface area contributed by atoms with Gasteiger partial charge in [-0.15, -0.1) is 0 Å². The first-order valence-electron chi connectivity index (χ1n) is 10.8. The number of rotatable bonds is 11. The lowest BCUT2D eigenvalue weighted by atomic mass is 10.1. The smallest absolute Gasteiger partial charge is 0.331 e. The molecular formula is C25H27NO7. The number of ketones is 1. The van der Waals surface area contributed by atoms with Gasteiger partial charge in [-0.05, 0) is 55.3 Å². The molecule has 0 unspecified atom stereocenters. The zero-order chi connectivity index (χ0) is 23.6. The molecule has 0 radical (unpaired) electrons. The molecule has 0 saturated heterocycles. The molecule has 0 spiro atoms. The fraction of sp³-hybridized carbons (Fsp3) is 0.320. The second kappa shape index (κ2) is 11.7. The van der Waals surface area contributed by atoms with E-state index in [4.69, 9.17) is 18.9 Å². The summed E-state index contributed by atoms with van der Waals surface area (Å²) in [6.45, 7) is 4.58. The molecule has 1 N–H and O–H groups in total. The third-order valence-electron chi connectivity index (χ3n) is 4.71. The summed E-state index contributed by atoms with van der Waals surface area (Å²) >= 11 is 0. The number of ether oxygens (including phenoxy) is 4. The third kappa shape index (κ3) is 6.83. The number of Topliss-reactive ketones (excluding diaryl/α,β-unsaturated/α-hetero) is 1. The molecule has 1 amide bonds. The Hall–Kier alpha value is -3.81. The Labute approximate surface area is 192 Å². The maximum Gasteiger partial charge on any atom is 0.331 e. The fourth-order valence-electron chi connectivity index (χ4n) is 3.03. The van der Waals surface area contributed by atoms with Crippen LogP contribution in [0.25, 0.3) is 6.08 Å². The van der Waals surface area contributed by atoms with E-state index in [1.54, 1.807) is 30.3 Å².